The maximum atomic E-state index is 13.5. The van der Waals surface area contributed by atoms with Crippen LogP contribution in [-0.2, 0) is 4.79 Å². The van der Waals surface area contributed by atoms with E-state index in [0.717, 1.165) is 17.8 Å². The Labute approximate surface area is 166 Å². The van der Waals surface area contributed by atoms with Crippen LogP contribution in [0, 0.1) is 11.6 Å². The van der Waals surface area contributed by atoms with Crippen LogP contribution in [0.1, 0.15) is 0 Å². The Balaban J connectivity index is 1.46. The standard InChI is InChI=1S/C19H19ClF2N4O2/c20-13-3-1-4-14(11-13)25-7-9-26(10-8-25)19(28)23-12-17(27)24-18-15(21)5-2-6-16(18)22/h1-6,11H,7-10,12H2,(H,23,28)(H,24,27). The zero-order valence-electron chi connectivity index (χ0n) is 14.9. The van der Waals surface area contributed by atoms with Crippen LogP contribution in [0.2, 0.25) is 5.02 Å². The molecule has 1 aliphatic heterocycles. The van der Waals surface area contributed by atoms with Gasteiger partial charge in [0.05, 0.1) is 6.54 Å². The van der Waals surface area contributed by atoms with Crippen molar-refractivity contribution >= 4 is 34.9 Å². The highest BCUT2D eigenvalue weighted by molar-refractivity contribution is 6.30. The molecular weight excluding hydrogens is 390 g/mol. The number of amides is 3. The number of carbonyl (C=O) groups excluding carboxylic acids is 2. The average Bonchev–Trinajstić information content (AvgIpc) is 2.69. The van der Waals surface area contributed by atoms with Gasteiger partial charge in [-0.1, -0.05) is 23.7 Å². The second-order valence-corrected chi connectivity index (χ2v) is 6.69. The predicted molar refractivity (Wildman–Crippen MR) is 104 cm³/mol. The average molecular weight is 409 g/mol. The fourth-order valence-corrected chi connectivity index (χ4v) is 3.09. The van der Waals surface area contributed by atoms with E-state index >= 15 is 0 Å². The first-order valence-corrected chi connectivity index (χ1v) is 9.09. The molecule has 1 heterocycles. The quantitative estimate of drug-likeness (QED) is 0.817. The summed E-state index contributed by atoms with van der Waals surface area (Å²) in [6.07, 6.45) is 0. The minimum atomic E-state index is -0.878. The van der Waals surface area contributed by atoms with Crippen LogP contribution in [0.4, 0.5) is 25.0 Å². The Kier molecular flexibility index (Phi) is 6.30. The van der Waals surface area contributed by atoms with E-state index in [1.807, 2.05) is 18.2 Å². The first kappa shape index (κ1) is 19.9. The molecule has 2 aromatic carbocycles. The number of hydrogen-bond acceptors (Lipinski definition) is 3. The highest BCUT2D eigenvalue weighted by Gasteiger charge is 2.22. The number of urea groups is 1. The van der Waals surface area contributed by atoms with Gasteiger partial charge in [0.1, 0.15) is 17.3 Å². The highest BCUT2D eigenvalue weighted by Crippen LogP contribution is 2.21. The third-order valence-electron chi connectivity index (χ3n) is 4.37. The van der Waals surface area contributed by atoms with Crippen LogP contribution in [0.5, 0.6) is 0 Å². The highest BCUT2D eigenvalue weighted by atomic mass is 35.5. The van der Waals surface area contributed by atoms with Crippen molar-refractivity contribution in [1.82, 2.24) is 10.2 Å². The lowest BCUT2D eigenvalue weighted by Crippen LogP contribution is -2.52. The molecule has 0 unspecified atom stereocenters. The first-order chi connectivity index (χ1) is 13.4. The van der Waals surface area contributed by atoms with Gasteiger partial charge in [0, 0.05) is 36.9 Å². The van der Waals surface area contributed by atoms with Crippen LogP contribution in [0.3, 0.4) is 0 Å². The zero-order chi connectivity index (χ0) is 20.1. The molecule has 0 radical (unpaired) electrons. The lowest BCUT2D eigenvalue weighted by atomic mass is 10.2. The molecule has 1 fully saturated rings. The van der Waals surface area contributed by atoms with Crippen molar-refractivity contribution in [2.45, 2.75) is 0 Å². The van der Waals surface area contributed by atoms with Crippen molar-refractivity contribution in [2.75, 3.05) is 42.9 Å². The SMILES string of the molecule is O=C(CNC(=O)N1CCN(c2cccc(Cl)c2)CC1)Nc1c(F)cccc1F. The molecule has 9 heteroatoms. The molecule has 1 saturated heterocycles. The number of piperazine rings is 1. The van der Waals surface area contributed by atoms with Crippen LogP contribution in [0.25, 0.3) is 0 Å². The number of halogens is 3. The summed E-state index contributed by atoms with van der Waals surface area (Å²) in [4.78, 5) is 27.8. The van der Waals surface area contributed by atoms with Gasteiger partial charge in [0.15, 0.2) is 0 Å². The molecule has 2 aromatic rings. The number of rotatable bonds is 4. The van der Waals surface area contributed by atoms with Crippen molar-refractivity contribution in [1.29, 1.82) is 0 Å². The van der Waals surface area contributed by atoms with Crippen LogP contribution >= 0.6 is 11.6 Å². The molecule has 3 amide bonds. The Morgan fingerprint density at radius 1 is 1.00 bits per heavy atom. The van der Waals surface area contributed by atoms with E-state index < -0.39 is 29.3 Å². The van der Waals surface area contributed by atoms with E-state index in [0.29, 0.717) is 31.2 Å². The smallest absolute Gasteiger partial charge is 0.317 e. The second-order valence-electron chi connectivity index (χ2n) is 6.26. The van der Waals surface area contributed by atoms with Gasteiger partial charge in [-0.05, 0) is 30.3 Å². The second kappa shape index (κ2) is 8.88. The van der Waals surface area contributed by atoms with Crippen LogP contribution in [-0.4, -0.2) is 49.6 Å². The third-order valence-corrected chi connectivity index (χ3v) is 4.60. The lowest BCUT2D eigenvalue weighted by Gasteiger charge is -2.36. The summed E-state index contributed by atoms with van der Waals surface area (Å²) >= 11 is 6.01. The van der Waals surface area contributed by atoms with Gasteiger partial charge in [-0.25, -0.2) is 13.6 Å². The molecule has 0 atom stereocenters. The number of hydrogen-bond donors (Lipinski definition) is 2. The van der Waals surface area contributed by atoms with Crippen molar-refractivity contribution in [3.05, 3.63) is 59.1 Å². The van der Waals surface area contributed by atoms with E-state index in [2.05, 4.69) is 15.5 Å². The molecule has 0 bridgehead atoms. The van der Waals surface area contributed by atoms with Gasteiger partial charge in [-0.3, -0.25) is 4.79 Å². The van der Waals surface area contributed by atoms with Gasteiger partial charge in [-0.15, -0.1) is 0 Å². The summed E-state index contributed by atoms with van der Waals surface area (Å²) in [7, 11) is 0. The molecular formula is C19H19ClF2N4O2. The number of carbonyl (C=O) groups is 2. The van der Waals surface area contributed by atoms with Crippen molar-refractivity contribution in [3.63, 3.8) is 0 Å². The Bertz CT molecular complexity index is 853. The molecule has 0 aromatic heterocycles. The van der Waals surface area contributed by atoms with Gasteiger partial charge < -0.3 is 20.4 Å². The minimum Gasteiger partial charge on any atom is -0.368 e. The summed E-state index contributed by atoms with van der Waals surface area (Å²) in [6, 6.07) is 10.4. The Morgan fingerprint density at radius 2 is 1.64 bits per heavy atom. The summed E-state index contributed by atoms with van der Waals surface area (Å²) in [5, 5.41) is 5.24. The van der Waals surface area contributed by atoms with Gasteiger partial charge in [0.2, 0.25) is 5.91 Å². The van der Waals surface area contributed by atoms with Crippen molar-refractivity contribution < 1.29 is 18.4 Å². The van der Waals surface area contributed by atoms with E-state index in [9.17, 15) is 18.4 Å². The molecule has 6 nitrogen and oxygen atoms in total. The summed E-state index contributed by atoms with van der Waals surface area (Å²) < 4.78 is 27.1. The molecule has 2 N–H and O–H groups in total. The van der Waals surface area contributed by atoms with E-state index in [4.69, 9.17) is 11.6 Å². The lowest BCUT2D eigenvalue weighted by molar-refractivity contribution is -0.115. The number of benzene rings is 2. The third kappa shape index (κ3) is 4.89. The summed E-state index contributed by atoms with van der Waals surface area (Å²) in [5.74, 6) is -2.47. The maximum Gasteiger partial charge on any atom is 0.317 e. The molecule has 148 valence electrons. The topological polar surface area (TPSA) is 64.7 Å². The maximum absolute atomic E-state index is 13.5. The molecule has 28 heavy (non-hydrogen) atoms. The Morgan fingerprint density at radius 3 is 2.29 bits per heavy atom. The minimum absolute atomic E-state index is 0.388. The number of nitrogens with zero attached hydrogens (tertiary/aromatic N) is 2. The predicted octanol–water partition coefficient (Wildman–Crippen LogP) is 3.09. The summed E-state index contributed by atoms with van der Waals surface area (Å²) in [5.41, 5.74) is 0.454. The largest absolute Gasteiger partial charge is 0.368 e. The normalized spacial score (nSPS) is 14.0. The number of para-hydroxylation sites is 1. The van der Waals surface area contributed by atoms with Crippen molar-refractivity contribution in [3.8, 4) is 0 Å². The zero-order valence-corrected chi connectivity index (χ0v) is 15.7. The van der Waals surface area contributed by atoms with Crippen molar-refractivity contribution in [2.24, 2.45) is 0 Å². The molecule has 0 spiro atoms. The van der Waals surface area contributed by atoms with Gasteiger partial charge >= 0.3 is 6.03 Å². The van der Waals surface area contributed by atoms with E-state index in [1.165, 1.54) is 6.07 Å². The van der Waals surface area contributed by atoms with Crippen LogP contribution < -0.4 is 15.5 Å². The monoisotopic (exact) mass is 408 g/mol. The fraction of sp³-hybridized carbons (Fsp3) is 0.263. The first-order valence-electron chi connectivity index (χ1n) is 8.71. The van der Waals surface area contributed by atoms with E-state index in [-0.39, 0.29) is 6.54 Å². The Hall–Kier alpha value is -2.87. The van der Waals surface area contributed by atoms with Gasteiger partial charge in [0.25, 0.3) is 0 Å². The molecule has 1 aliphatic rings. The van der Waals surface area contributed by atoms with Gasteiger partial charge in [-0.2, -0.15) is 0 Å². The van der Waals surface area contributed by atoms with Crippen LogP contribution in [0.15, 0.2) is 42.5 Å². The fourth-order valence-electron chi connectivity index (χ4n) is 2.91. The number of anilines is 2. The molecule has 0 saturated carbocycles. The summed E-state index contributed by atoms with van der Waals surface area (Å²) in [6.45, 7) is 1.81. The molecule has 0 aliphatic carbocycles. The molecule has 3 rings (SSSR count). The number of nitrogens with one attached hydrogen (secondary N) is 2. The van der Waals surface area contributed by atoms with E-state index in [1.54, 1.807) is 11.0 Å².